The molecular weight excluding hydrogens is 347 g/mol. The van der Waals surface area contributed by atoms with Gasteiger partial charge in [-0.25, -0.2) is 4.39 Å². The molecule has 1 aromatic carbocycles. The molecule has 27 heavy (non-hydrogen) atoms. The second-order valence-corrected chi connectivity index (χ2v) is 6.94. The number of nitrogens with zero attached hydrogens (tertiary/aromatic N) is 3. The van der Waals surface area contributed by atoms with Crippen molar-refractivity contribution < 1.29 is 14.3 Å². The number of hydrogen-bond donors (Lipinski definition) is 2. The number of benzene rings is 1. The smallest absolute Gasteiger partial charge is 0.239 e. The molecule has 0 spiro atoms. The number of likely N-dealkylation sites (tertiary alicyclic amines) is 1. The lowest BCUT2D eigenvalue weighted by atomic mass is 10.1. The number of aromatic nitrogens is 1. The maximum absolute atomic E-state index is 13.7. The summed E-state index contributed by atoms with van der Waals surface area (Å²) in [4.78, 5) is 14.5. The summed E-state index contributed by atoms with van der Waals surface area (Å²) in [5.74, 6) is -0.312. The molecule has 1 fully saturated rings. The Labute approximate surface area is 157 Å². The maximum atomic E-state index is 13.7. The van der Waals surface area contributed by atoms with E-state index in [2.05, 4.69) is 11.4 Å². The highest BCUT2D eigenvalue weighted by atomic mass is 19.1. The Hall–Kier alpha value is -2.69. The number of aliphatic hydroxyl groups is 1. The normalized spacial score (nSPS) is 17.5. The lowest BCUT2D eigenvalue weighted by molar-refractivity contribution is -0.118. The summed E-state index contributed by atoms with van der Waals surface area (Å²) in [5.41, 5.74) is 2.41. The van der Waals surface area contributed by atoms with Crippen molar-refractivity contribution in [1.29, 1.82) is 5.26 Å². The lowest BCUT2D eigenvalue weighted by Crippen LogP contribution is -2.42. The van der Waals surface area contributed by atoms with Crippen LogP contribution < -0.4 is 5.32 Å². The Kier molecular flexibility index (Phi) is 5.59. The molecule has 1 unspecified atom stereocenters. The zero-order valence-corrected chi connectivity index (χ0v) is 15.5. The number of carbonyl (C=O) groups excluding carboxylic acids is 1. The Morgan fingerprint density at radius 2 is 2.22 bits per heavy atom. The number of piperidine rings is 1. The Balaban J connectivity index is 1.91. The molecule has 1 aliphatic rings. The third-order valence-electron chi connectivity index (χ3n) is 5.00. The van der Waals surface area contributed by atoms with Crippen LogP contribution in [0.4, 0.5) is 10.2 Å². The molecule has 2 N–H and O–H groups in total. The van der Waals surface area contributed by atoms with Crippen molar-refractivity contribution in [2.75, 3.05) is 25.0 Å². The van der Waals surface area contributed by atoms with E-state index in [1.165, 1.54) is 12.1 Å². The zero-order valence-electron chi connectivity index (χ0n) is 15.5. The number of hydrogen-bond acceptors (Lipinski definition) is 4. The fourth-order valence-electron chi connectivity index (χ4n) is 3.55. The molecule has 7 heteroatoms. The largest absolute Gasteiger partial charge is 0.392 e. The molecule has 142 valence electrons. The summed E-state index contributed by atoms with van der Waals surface area (Å²) in [6.45, 7) is 4.98. The van der Waals surface area contributed by atoms with E-state index >= 15 is 0 Å². The van der Waals surface area contributed by atoms with E-state index in [1.54, 1.807) is 23.6 Å². The van der Waals surface area contributed by atoms with Crippen molar-refractivity contribution in [3.8, 4) is 11.8 Å². The van der Waals surface area contributed by atoms with Crippen LogP contribution in [0.15, 0.2) is 24.3 Å². The van der Waals surface area contributed by atoms with Crippen LogP contribution in [0.5, 0.6) is 0 Å². The van der Waals surface area contributed by atoms with Gasteiger partial charge in [-0.1, -0.05) is 6.07 Å². The van der Waals surface area contributed by atoms with Crippen LogP contribution in [0.3, 0.4) is 0 Å². The number of β-amino-alcohol motifs (C(OH)–C–C–N with tert-alkyl or cyclic N) is 1. The molecule has 0 saturated carbocycles. The van der Waals surface area contributed by atoms with Crippen LogP contribution in [0.2, 0.25) is 0 Å². The average Bonchev–Trinajstić information content (AvgIpc) is 2.84. The predicted octanol–water partition coefficient (Wildman–Crippen LogP) is 2.50. The summed E-state index contributed by atoms with van der Waals surface area (Å²) in [7, 11) is 0. The molecule has 3 rings (SSSR count). The van der Waals surface area contributed by atoms with Gasteiger partial charge in [-0.3, -0.25) is 14.3 Å². The van der Waals surface area contributed by atoms with Gasteiger partial charge in [0.1, 0.15) is 17.7 Å². The van der Waals surface area contributed by atoms with E-state index in [0.29, 0.717) is 23.6 Å². The number of aliphatic hydroxyl groups excluding tert-OH is 1. The van der Waals surface area contributed by atoms with Crippen LogP contribution in [-0.4, -0.2) is 46.2 Å². The van der Waals surface area contributed by atoms with E-state index < -0.39 is 11.9 Å². The van der Waals surface area contributed by atoms with E-state index in [9.17, 15) is 19.6 Å². The van der Waals surface area contributed by atoms with Crippen LogP contribution in [0.1, 0.15) is 29.7 Å². The highest BCUT2D eigenvalue weighted by Crippen LogP contribution is 2.30. The second-order valence-electron chi connectivity index (χ2n) is 6.94. The quantitative estimate of drug-likeness (QED) is 0.866. The van der Waals surface area contributed by atoms with Gasteiger partial charge >= 0.3 is 0 Å². The standard InChI is InChI=1S/C20H23FN4O2/c1-13-14(2)25(16-6-3-5-15(21)9-16)20(18(13)10-22)23-19(27)12-24-8-4-7-17(26)11-24/h3,5-6,9,17,26H,4,7-8,11-12H2,1-2H3,(H,23,27). The molecule has 1 amide bonds. The van der Waals surface area contributed by atoms with E-state index in [0.717, 1.165) is 30.6 Å². The van der Waals surface area contributed by atoms with Gasteiger partial charge in [-0.15, -0.1) is 0 Å². The van der Waals surface area contributed by atoms with Crippen molar-refractivity contribution in [2.24, 2.45) is 0 Å². The summed E-state index contributed by atoms with van der Waals surface area (Å²) >= 11 is 0. The first kappa shape index (κ1) is 19.1. The Morgan fingerprint density at radius 1 is 1.44 bits per heavy atom. The third-order valence-corrected chi connectivity index (χ3v) is 5.00. The first-order valence-corrected chi connectivity index (χ1v) is 8.99. The van der Waals surface area contributed by atoms with Crippen LogP contribution in [0, 0.1) is 31.0 Å². The molecule has 1 aromatic heterocycles. The molecule has 1 aliphatic heterocycles. The number of amides is 1. The first-order chi connectivity index (χ1) is 12.9. The molecule has 1 atom stereocenters. The fourth-order valence-corrected chi connectivity index (χ4v) is 3.55. The Morgan fingerprint density at radius 3 is 2.89 bits per heavy atom. The highest BCUT2D eigenvalue weighted by molar-refractivity contribution is 5.93. The van der Waals surface area contributed by atoms with Gasteiger partial charge in [0.15, 0.2) is 0 Å². The van der Waals surface area contributed by atoms with Crippen molar-refractivity contribution in [1.82, 2.24) is 9.47 Å². The van der Waals surface area contributed by atoms with Gasteiger partial charge < -0.3 is 10.4 Å². The van der Waals surface area contributed by atoms with E-state index in [1.807, 2.05) is 11.8 Å². The monoisotopic (exact) mass is 370 g/mol. The lowest BCUT2D eigenvalue weighted by Gasteiger charge is -2.29. The topological polar surface area (TPSA) is 81.3 Å². The highest BCUT2D eigenvalue weighted by Gasteiger charge is 2.23. The molecule has 6 nitrogen and oxygen atoms in total. The molecular formula is C20H23FN4O2. The van der Waals surface area contributed by atoms with Crippen molar-refractivity contribution in [3.05, 3.63) is 46.9 Å². The number of carbonyl (C=O) groups is 1. The maximum Gasteiger partial charge on any atom is 0.239 e. The second kappa shape index (κ2) is 7.91. The van der Waals surface area contributed by atoms with Crippen LogP contribution >= 0.6 is 0 Å². The summed E-state index contributed by atoms with van der Waals surface area (Å²) < 4.78 is 15.4. The molecule has 0 aliphatic carbocycles. The van der Waals surface area contributed by atoms with E-state index in [-0.39, 0.29) is 12.5 Å². The number of nitrogens with one attached hydrogen (secondary N) is 1. The van der Waals surface area contributed by atoms with Gasteiger partial charge in [0.05, 0.1) is 23.9 Å². The molecule has 2 heterocycles. The Bertz CT molecular complexity index is 900. The van der Waals surface area contributed by atoms with Crippen LogP contribution in [-0.2, 0) is 4.79 Å². The van der Waals surface area contributed by atoms with Crippen molar-refractivity contribution in [2.45, 2.75) is 32.8 Å². The van der Waals surface area contributed by atoms with Gasteiger partial charge in [0, 0.05) is 12.2 Å². The van der Waals surface area contributed by atoms with Crippen molar-refractivity contribution >= 4 is 11.7 Å². The van der Waals surface area contributed by atoms with Crippen molar-refractivity contribution in [3.63, 3.8) is 0 Å². The average molecular weight is 370 g/mol. The third kappa shape index (κ3) is 4.02. The molecule has 1 saturated heterocycles. The minimum atomic E-state index is -0.415. The number of rotatable bonds is 4. The zero-order chi connectivity index (χ0) is 19.6. The number of anilines is 1. The minimum absolute atomic E-state index is 0.133. The summed E-state index contributed by atoms with van der Waals surface area (Å²) in [6, 6.07) is 8.17. The van der Waals surface area contributed by atoms with Gasteiger partial charge in [0.2, 0.25) is 5.91 Å². The van der Waals surface area contributed by atoms with E-state index in [4.69, 9.17) is 0 Å². The fraction of sp³-hybridized carbons (Fsp3) is 0.400. The minimum Gasteiger partial charge on any atom is -0.392 e. The van der Waals surface area contributed by atoms with Gasteiger partial charge in [-0.05, 0) is 57.0 Å². The summed E-state index contributed by atoms with van der Waals surface area (Å²) in [6.07, 6.45) is 1.18. The number of nitriles is 1. The van der Waals surface area contributed by atoms with Crippen LogP contribution in [0.25, 0.3) is 5.69 Å². The molecule has 2 aromatic rings. The molecule has 0 bridgehead atoms. The first-order valence-electron chi connectivity index (χ1n) is 8.99. The van der Waals surface area contributed by atoms with Gasteiger partial charge in [0.25, 0.3) is 0 Å². The summed E-state index contributed by atoms with van der Waals surface area (Å²) in [5, 5.41) is 22.2. The molecule has 0 radical (unpaired) electrons. The SMILES string of the molecule is Cc1c(C#N)c(NC(=O)CN2CCCC(O)C2)n(-c2cccc(F)c2)c1C. The van der Waals surface area contributed by atoms with Gasteiger partial charge in [-0.2, -0.15) is 5.26 Å². The predicted molar refractivity (Wildman–Crippen MR) is 100 cm³/mol. The number of halogens is 1.